The number of nitrogens with two attached hydrogens (primary N) is 2. The SMILES string of the molecule is CO.COc1ccccc1C(=O)Nc1ccccc1-n1cc(CNC/C(N)=C/N(N)CCOc2cc3c(cc2Oc2ccc(C=O)c(F)c2)C(CC(=O)Nc2nccs2)NCC3)nc1C. The number of aryl methyl sites for hydroxylation is 1. The minimum atomic E-state index is -0.724. The summed E-state index contributed by atoms with van der Waals surface area (Å²) in [5.74, 6) is 7.14. The average molecular weight is 907 g/mol. The molecule has 0 saturated heterocycles. The summed E-state index contributed by atoms with van der Waals surface area (Å²) < 4.78 is 34.2. The van der Waals surface area contributed by atoms with Crippen molar-refractivity contribution in [3.05, 3.63) is 148 Å². The van der Waals surface area contributed by atoms with Gasteiger partial charge in [-0.25, -0.2) is 20.2 Å². The number of hydrogen-bond acceptors (Lipinski definition) is 15. The molecule has 4 aromatic carbocycles. The molecule has 1 unspecified atom stereocenters. The number of nitrogens with one attached hydrogen (secondary N) is 4. The molecule has 2 amide bonds. The van der Waals surface area contributed by atoms with Crippen LogP contribution in [0.25, 0.3) is 5.69 Å². The summed E-state index contributed by atoms with van der Waals surface area (Å²) >= 11 is 1.33. The molecular weight excluding hydrogens is 856 g/mol. The highest BCUT2D eigenvalue weighted by Gasteiger charge is 2.26. The smallest absolute Gasteiger partial charge is 0.259 e. The second kappa shape index (κ2) is 23.0. The number of halogens is 1. The number of hydrazine groups is 1. The Morgan fingerprint density at radius 3 is 2.63 bits per heavy atom. The van der Waals surface area contributed by atoms with Crippen molar-refractivity contribution >= 4 is 40.3 Å². The van der Waals surface area contributed by atoms with Crippen molar-refractivity contribution in [2.24, 2.45) is 11.6 Å². The monoisotopic (exact) mass is 906 g/mol. The third kappa shape index (κ3) is 12.5. The van der Waals surface area contributed by atoms with Gasteiger partial charge >= 0.3 is 0 Å². The number of imidazole rings is 1. The van der Waals surface area contributed by atoms with E-state index in [-0.39, 0.29) is 48.7 Å². The van der Waals surface area contributed by atoms with Crippen LogP contribution in [0, 0.1) is 12.7 Å². The first-order valence-electron chi connectivity index (χ1n) is 20.4. The predicted molar refractivity (Wildman–Crippen MR) is 246 cm³/mol. The summed E-state index contributed by atoms with van der Waals surface area (Å²) in [6, 6.07) is 21.8. The van der Waals surface area contributed by atoms with Crippen LogP contribution in [0.4, 0.5) is 15.2 Å². The van der Waals surface area contributed by atoms with Gasteiger partial charge in [0, 0.05) is 68.4 Å². The lowest BCUT2D eigenvalue weighted by Gasteiger charge is -2.28. The number of methoxy groups -OCH3 is 1. The first-order chi connectivity index (χ1) is 31.6. The first-order valence-corrected chi connectivity index (χ1v) is 21.3. The number of carbonyl (C=O) groups is 3. The minimum absolute atomic E-state index is 0.0948. The number of para-hydroxylation sites is 3. The van der Waals surface area contributed by atoms with Crippen LogP contribution in [-0.2, 0) is 17.8 Å². The molecule has 3 heterocycles. The Kier molecular flexibility index (Phi) is 16.7. The van der Waals surface area contributed by atoms with E-state index >= 15 is 0 Å². The molecule has 0 fully saturated rings. The van der Waals surface area contributed by atoms with E-state index in [0.29, 0.717) is 71.7 Å². The number of aliphatic hydroxyl groups excluding tert-OH is 1. The summed E-state index contributed by atoms with van der Waals surface area (Å²) in [4.78, 5) is 46.2. The van der Waals surface area contributed by atoms with Crippen LogP contribution >= 0.6 is 11.3 Å². The number of nitrogens with zero attached hydrogens (tertiary/aromatic N) is 4. The Morgan fingerprint density at radius 1 is 1.06 bits per heavy atom. The van der Waals surface area contributed by atoms with Gasteiger partial charge in [0.15, 0.2) is 22.9 Å². The van der Waals surface area contributed by atoms with Gasteiger partial charge in [-0.3, -0.25) is 14.4 Å². The van der Waals surface area contributed by atoms with Crippen molar-refractivity contribution in [1.82, 2.24) is 30.2 Å². The second-order valence-corrected chi connectivity index (χ2v) is 15.4. The molecule has 7 rings (SSSR count). The zero-order valence-corrected chi connectivity index (χ0v) is 36.9. The molecule has 65 heavy (non-hydrogen) atoms. The molecule has 2 aromatic heterocycles. The zero-order valence-electron chi connectivity index (χ0n) is 36.0. The highest BCUT2D eigenvalue weighted by molar-refractivity contribution is 7.13. The Hall–Kier alpha value is -7.16. The van der Waals surface area contributed by atoms with Gasteiger partial charge < -0.3 is 55.9 Å². The van der Waals surface area contributed by atoms with Crippen LogP contribution in [0.1, 0.15) is 55.8 Å². The minimum Gasteiger partial charge on any atom is -0.496 e. The fourth-order valence-corrected chi connectivity index (χ4v) is 7.60. The number of amides is 2. The van der Waals surface area contributed by atoms with Crippen molar-refractivity contribution in [3.63, 3.8) is 0 Å². The quantitative estimate of drug-likeness (QED) is 0.0298. The number of aromatic nitrogens is 3. The number of carbonyl (C=O) groups excluding carboxylic acids is 3. The molecule has 0 saturated carbocycles. The number of benzene rings is 4. The van der Waals surface area contributed by atoms with Gasteiger partial charge in [0.1, 0.15) is 29.7 Å². The molecule has 9 N–H and O–H groups in total. The van der Waals surface area contributed by atoms with Gasteiger partial charge in [-0.2, -0.15) is 0 Å². The van der Waals surface area contributed by atoms with Crippen molar-refractivity contribution in [2.45, 2.75) is 32.4 Å². The van der Waals surface area contributed by atoms with Crippen LogP contribution < -0.4 is 47.1 Å². The highest BCUT2D eigenvalue weighted by atomic mass is 32.1. The maximum atomic E-state index is 14.6. The molecule has 0 spiro atoms. The molecule has 0 bridgehead atoms. The maximum Gasteiger partial charge on any atom is 0.259 e. The number of aldehydes is 1. The Labute approximate surface area is 379 Å². The third-order valence-electron chi connectivity index (χ3n) is 10.0. The molecule has 340 valence electrons. The average Bonchev–Trinajstić information content (AvgIpc) is 3.96. The van der Waals surface area contributed by atoms with E-state index in [0.717, 1.165) is 41.5 Å². The number of fused-ring (bicyclic) bond motifs is 1. The van der Waals surface area contributed by atoms with Crippen LogP contribution in [0.5, 0.6) is 23.0 Å². The van der Waals surface area contributed by atoms with E-state index < -0.39 is 5.82 Å². The Morgan fingerprint density at radius 2 is 1.86 bits per heavy atom. The number of hydrogen-bond donors (Lipinski definition) is 7. The number of aliphatic hydroxyl groups is 1. The molecular formula is C46H51FN10O7S. The van der Waals surface area contributed by atoms with Gasteiger partial charge in [-0.15, -0.1) is 11.3 Å². The Balaban J connectivity index is 0.00000345. The van der Waals surface area contributed by atoms with E-state index in [2.05, 4.69) is 26.3 Å². The molecule has 17 nitrogen and oxygen atoms in total. The summed E-state index contributed by atoms with van der Waals surface area (Å²) in [6.45, 7) is 3.62. The van der Waals surface area contributed by atoms with E-state index in [4.69, 9.17) is 35.9 Å². The molecule has 0 aliphatic carbocycles. The highest BCUT2D eigenvalue weighted by Crippen LogP contribution is 2.39. The lowest BCUT2D eigenvalue weighted by atomic mass is 9.91. The standard InChI is InChI=1S/C45H47FN10O6S.CH4O/c1-28-52-32(26-56(28)39-9-5-4-8-37(39)53-44(59)34-7-3-6-10-40(34)60-2)24-49-23-31(47)25-55(48)16-17-61-41-19-29-13-14-50-38(22-43(58)54-45-51-15-18-63-45)35(29)21-42(41)62-33-12-11-30(27-57)36(46)20-33;1-2/h3-12,15,18-21,25-27,38,49-50H,13-14,16-17,22-24,47-48H2,1-2H3,(H,53,59)(H,51,54,58);2H,1H3/b31-25-;. The lowest BCUT2D eigenvalue weighted by Crippen LogP contribution is -2.33. The van der Waals surface area contributed by atoms with Crippen molar-refractivity contribution < 1.29 is 38.1 Å². The van der Waals surface area contributed by atoms with Crippen molar-refractivity contribution in [1.29, 1.82) is 0 Å². The van der Waals surface area contributed by atoms with Crippen molar-refractivity contribution in [2.75, 3.05) is 51.1 Å². The molecule has 19 heteroatoms. The van der Waals surface area contributed by atoms with Crippen LogP contribution in [0.15, 0.2) is 109 Å². The summed E-state index contributed by atoms with van der Waals surface area (Å²) in [5, 5.41) is 23.2. The lowest BCUT2D eigenvalue weighted by molar-refractivity contribution is -0.116. The van der Waals surface area contributed by atoms with Gasteiger partial charge in [0.25, 0.3) is 5.91 Å². The summed E-state index contributed by atoms with van der Waals surface area (Å²) in [5.41, 5.74) is 11.1. The maximum absolute atomic E-state index is 14.6. The molecule has 0 radical (unpaired) electrons. The fourth-order valence-electron chi connectivity index (χ4n) is 7.05. The van der Waals surface area contributed by atoms with Gasteiger partial charge in [-0.1, -0.05) is 24.3 Å². The number of rotatable bonds is 19. The second-order valence-electron chi connectivity index (χ2n) is 14.5. The van der Waals surface area contributed by atoms with E-state index in [1.54, 1.807) is 42.0 Å². The van der Waals surface area contributed by atoms with Crippen LogP contribution in [-0.4, -0.2) is 83.2 Å². The number of ether oxygens (including phenoxy) is 3. The Bertz CT molecular complexity index is 2610. The van der Waals surface area contributed by atoms with Crippen LogP contribution in [0.2, 0.25) is 0 Å². The normalized spacial score (nSPS) is 13.1. The molecule has 6 aromatic rings. The van der Waals surface area contributed by atoms with E-state index in [1.165, 1.54) is 35.6 Å². The summed E-state index contributed by atoms with van der Waals surface area (Å²) in [7, 11) is 2.53. The van der Waals surface area contributed by atoms with Crippen LogP contribution in [0.3, 0.4) is 0 Å². The van der Waals surface area contributed by atoms with E-state index in [1.807, 2.05) is 54.1 Å². The predicted octanol–water partition coefficient (Wildman–Crippen LogP) is 5.61. The fraction of sp³-hybridized carbons (Fsp3) is 0.239. The largest absolute Gasteiger partial charge is 0.496 e. The number of anilines is 2. The van der Waals surface area contributed by atoms with E-state index in [9.17, 15) is 18.8 Å². The van der Waals surface area contributed by atoms with Gasteiger partial charge in [0.05, 0.1) is 41.9 Å². The topological polar surface area (TPSA) is 233 Å². The molecule has 1 aliphatic rings. The first kappa shape index (κ1) is 47.3. The van der Waals surface area contributed by atoms with Gasteiger partial charge in [-0.05, 0) is 79.5 Å². The zero-order chi connectivity index (χ0) is 46.3. The van der Waals surface area contributed by atoms with Gasteiger partial charge in [0.2, 0.25) is 5.91 Å². The number of thiazole rings is 1. The summed E-state index contributed by atoms with van der Waals surface area (Å²) in [6.07, 6.45) is 6.37. The molecule has 1 aliphatic heterocycles. The van der Waals surface area contributed by atoms with Crippen molar-refractivity contribution in [3.8, 4) is 28.7 Å². The third-order valence-corrected chi connectivity index (χ3v) is 10.7. The molecule has 1 atom stereocenters.